The van der Waals surface area contributed by atoms with Gasteiger partial charge in [-0.1, -0.05) is 66.7 Å². The lowest BCUT2D eigenvalue weighted by Gasteiger charge is -2.12. The second-order valence-corrected chi connectivity index (χ2v) is 7.65. The van der Waals surface area contributed by atoms with E-state index in [0.717, 1.165) is 35.6 Å². The van der Waals surface area contributed by atoms with Crippen molar-refractivity contribution < 1.29 is 4.74 Å². The van der Waals surface area contributed by atoms with Gasteiger partial charge in [0, 0.05) is 6.42 Å². The van der Waals surface area contributed by atoms with Crippen LogP contribution >= 0.6 is 0 Å². The molecule has 3 nitrogen and oxygen atoms in total. The summed E-state index contributed by atoms with van der Waals surface area (Å²) in [6.07, 6.45) is 0.792. The molecular weight excluding hydrogens is 368 g/mol. The van der Waals surface area contributed by atoms with Crippen molar-refractivity contribution in [1.82, 2.24) is 9.55 Å². The minimum atomic E-state index is 0.604. The number of para-hydroxylation sites is 2. The first-order valence-electron chi connectivity index (χ1n) is 10.4. The second-order valence-electron chi connectivity index (χ2n) is 7.65. The predicted molar refractivity (Wildman–Crippen MR) is 123 cm³/mol. The van der Waals surface area contributed by atoms with Crippen LogP contribution in [0.2, 0.25) is 0 Å². The highest BCUT2D eigenvalue weighted by Crippen LogP contribution is 2.24. The summed E-state index contributed by atoms with van der Waals surface area (Å²) >= 11 is 0. The number of rotatable bonds is 6. The van der Waals surface area contributed by atoms with Crippen molar-refractivity contribution in [2.45, 2.75) is 19.9 Å². The molecule has 0 aliphatic rings. The van der Waals surface area contributed by atoms with E-state index < -0.39 is 0 Å². The van der Waals surface area contributed by atoms with E-state index in [2.05, 4.69) is 84.3 Å². The van der Waals surface area contributed by atoms with Gasteiger partial charge >= 0.3 is 0 Å². The van der Waals surface area contributed by atoms with E-state index in [1.165, 1.54) is 21.9 Å². The molecule has 5 aromatic rings. The third-order valence-electron chi connectivity index (χ3n) is 5.54. The fourth-order valence-electron chi connectivity index (χ4n) is 4.09. The lowest BCUT2D eigenvalue weighted by molar-refractivity contribution is 0.298. The maximum Gasteiger partial charge on any atom is 0.119 e. The largest absolute Gasteiger partial charge is 0.492 e. The van der Waals surface area contributed by atoms with Gasteiger partial charge in [0.2, 0.25) is 0 Å². The van der Waals surface area contributed by atoms with Crippen molar-refractivity contribution in [3.8, 4) is 5.75 Å². The Morgan fingerprint density at radius 3 is 2.57 bits per heavy atom. The van der Waals surface area contributed by atoms with Crippen LogP contribution in [0.1, 0.15) is 17.0 Å². The van der Waals surface area contributed by atoms with Crippen molar-refractivity contribution in [1.29, 1.82) is 0 Å². The molecular formula is C27H24N2O. The van der Waals surface area contributed by atoms with E-state index in [-0.39, 0.29) is 0 Å². The summed E-state index contributed by atoms with van der Waals surface area (Å²) in [4.78, 5) is 4.96. The van der Waals surface area contributed by atoms with Crippen molar-refractivity contribution in [2.24, 2.45) is 0 Å². The first kappa shape index (κ1) is 18.4. The molecule has 3 heteroatoms. The summed E-state index contributed by atoms with van der Waals surface area (Å²) in [5, 5.41) is 2.55. The molecule has 0 bridgehead atoms. The molecule has 0 fully saturated rings. The molecule has 5 rings (SSSR count). The number of benzene rings is 4. The highest BCUT2D eigenvalue weighted by Gasteiger charge is 2.12. The average Bonchev–Trinajstić information content (AvgIpc) is 3.11. The molecule has 0 atom stereocenters. The van der Waals surface area contributed by atoms with E-state index in [0.29, 0.717) is 6.61 Å². The van der Waals surface area contributed by atoms with Gasteiger partial charge in [-0.15, -0.1) is 0 Å². The van der Waals surface area contributed by atoms with Crippen LogP contribution in [0.5, 0.6) is 5.75 Å². The van der Waals surface area contributed by atoms with Crippen molar-refractivity contribution in [3.63, 3.8) is 0 Å². The zero-order valence-corrected chi connectivity index (χ0v) is 17.1. The summed E-state index contributed by atoms with van der Waals surface area (Å²) in [7, 11) is 0. The monoisotopic (exact) mass is 392 g/mol. The van der Waals surface area contributed by atoms with E-state index in [1.807, 2.05) is 18.2 Å². The Morgan fingerprint density at radius 2 is 1.63 bits per heavy atom. The predicted octanol–water partition coefficient (Wildman–Crippen LogP) is 6.17. The Hall–Kier alpha value is -3.59. The third-order valence-corrected chi connectivity index (χ3v) is 5.54. The number of aromatic nitrogens is 2. The number of ether oxygens (including phenoxy) is 1. The van der Waals surface area contributed by atoms with E-state index >= 15 is 0 Å². The van der Waals surface area contributed by atoms with E-state index in [4.69, 9.17) is 9.72 Å². The van der Waals surface area contributed by atoms with Crippen molar-refractivity contribution in [3.05, 3.63) is 108 Å². The Bertz CT molecular complexity index is 1310. The Kier molecular flexibility index (Phi) is 4.94. The molecule has 0 amide bonds. The van der Waals surface area contributed by atoms with Gasteiger partial charge in [0.15, 0.2) is 0 Å². The molecule has 1 heterocycles. The second kappa shape index (κ2) is 8.03. The number of hydrogen-bond acceptors (Lipinski definition) is 2. The van der Waals surface area contributed by atoms with Gasteiger partial charge < -0.3 is 9.30 Å². The molecule has 0 spiro atoms. The normalized spacial score (nSPS) is 11.2. The minimum Gasteiger partial charge on any atom is -0.492 e. The smallest absolute Gasteiger partial charge is 0.119 e. The summed E-state index contributed by atoms with van der Waals surface area (Å²) in [5.41, 5.74) is 4.69. The molecule has 30 heavy (non-hydrogen) atoms. The number of imidazole rings is 1. The number of nitrogens with zero attached hydrogens (tertiary/aromatic N) is 2. The summed E-state index contributed by atoms with van der Waals surface area (Å²) in [6.45, 7) is 3.44. The zero-order valence-electron chi connectivity index (χ0n) is 17.1. The number of aryl methyl sites for hydroxylation is 1. The van der Waals surface area contributed by atoms with E-state index in [9.17, 15) is 0 Å². The minimum absolute atomic E-state index is 0.604. The molecule has 4 aromatic carbocycles. The standard InChI is InChI=1S/C27H24N2O/c1-20-8-6-12-23(18-20)30-17-16-29-26-15-5-4-14-25(26)28-27(29)19-22-11-7-10-21-9-2-3-13-24(21)22/h2-15,18H,16-17,19H2,1H3. The lowest BCUT2D eigenvalue weighted by atomic mass is 10.0. The van der Waals surface area contributed by atoms with Gasteiger partial charge in [0.25, 0.3) is 0 Å². The summed E-state index contributed by atoms with van der Waals surface area (Å²) in [5.74, 6) is 1.98. The fourth-order valence-corrected chi connectivity index (χ4v) is 4.09. The first-order chi connectivity index (χ1) is 14.8. The van der Waals surface area contributed by atoms with Crippen molar-refractivity contribution >= 4 is 21.8 Å². The summed E-state index contributed by atoms with van der Waals surface area (Å²) < 4.78 is 8.33. The zero-order chi connectivity index (χ0) is 20.3. The maximum atomic E-state index is 6.04. The van der Waals surface area contributed by atoms with Crippen LogP contribution in [0.3, 0.4) is 0 Å². The van der Waals surface area contributed by atoms with Gasteiger partial charge in [0.1, 0.15) is 18.2 Å². The van der Waals surface area contributed by atoms with Gasteiger partial charge in [-0.2, -0.15) is 0 Å². The molecule has 0 saturated carbocycles. The maximum absolute atomic E-state index is 6.04. The molecule has 1 aromatic heterocycles. The molecule has 0 saturated heterocycles. The van der Waals surface area contributed by atoms with Gasteiger partial charge in [0.05, 0.1) is 17.6 Å². The van der Waals surface area contributed by atoms with Gasteiger partial charge in [-0.3, -0.25) is 0 Å². The highest BCUT2D eigenvalue weighted by molar-refractivity contribution is 5.86. The molecule has 0 radical (unpaired) electrons. The number of fused-ring (bicyclic) bond motifs is 2. The molecule has 0 N–H and O–H groups in total. The van der Waals surface area contributed by atoms with E-state index in [1.54, 1.807) is 0 Å². The highest BCUT2D eigenvalue weighted by atomic mass is 16.5. The molecule has 148 valence electrons. The van der Waals surface area contributed by atoms with Crippen molar-refractivity contribution in [2.75, 3.05) is 6.61 Å². The fraction of sp³-hybridized carbons (Fsp3) is 0.148. The van der Waals surface area contributed by atoms with Crippen LogP contribution < -0.4 is 4.74 Å². The SMILES string of the molecule is Cc1cccc(OCCn2c(Cc3cccc4ccccc34)nc3ccccc32)c1. The molecule has 0 unspecified atom stereocenters. The lowest BCUT2D eigenvalue weighted by Crippen LogP contribution is -2.11. The Balaban J connectivity index is 1.46. The average molecular weight is 393 g/mol. The summed E-state index contributed by atoms with van der Waals surface area (Å²) in [6, 6.07) is 31.6. The molecule has 0 aliphatic carbocycles. The van der Waals surface area contributed by atoms with Crippen LogP contribution in [0, 0.1) is 6.92 Å². The topological polar surface area (TPSA) is 27.1 Å². The van der Waals surface area contributed by atoms with Crippen LogP contribution in [0.15, 0.2) is 91.0 Å². The van der Waals surface area contributed by atoms with Crippen LogP contribution in [0.4, 0.5) is 0 Å². The van der Waals surface area contributed by atoms with Gasteiger partial charge in [-0.25, -0.2) is 4.98 Å². The third kappa shape index (κ3) is 3.67. The quantitative estimate of drug-likeness (QED) is 0.346. The Labute approximate surface area is 176 Å². The van der Waals surface area contributed by atoms with Crippen LogP contribution in [-0.2, 0) is 13.0 Å². The Morgan fingerprint density at radius 1 is 0.833 bits per heavy atom. The first-order valence-corrected chi connectivity index (χ1v) is 10.4. The van der Waals surface area contributed by atoms with Gasteiger partial charge in [-0.05, 0) is 53.1 Å². The van der Waals surface area contributed by atoms with Crippen LogP contribution in [0.25, 0.3) is 21.8 Å². The number of hydrogen-bond donors (Lipinski definition) is 0. The van der Waals surface area contributed by atoms with Crippen LogP contribution in [-0.4, -0.2) is 16.2 Å². The molecule has 0 aliphatic heterocycles.